The highest BCUT2D eigenvalue weighted by Crippen LogP contribution is 2.22. The van der Waals surface area contributed by atoms with Gasteiger partial charge in [0.2, 0.25) is 5.69 Å². The van der Waals surface area contributed by atoms with E-state index in [1.807, 2.05) is 90.0 Å². The van der Waals surface area contributed by atoms with Crippen molar-refractivity contribution in [2.45, 2.75) is 6.92 Å². The van der Waals surface area contributed by atoms with Gasteiger partial charge >= 0.3 is 5.56 Å². The van der Waals surface area contributed by atoms with Crippen molar-refractivity contribution in [3.05, 3.63) is 82.1 Å². The van der Waals surface area contributed by atoms with Crippen molar-refractivity contribution in [3.8, 4) is 16.9 Å². The summed E-state index contributed by atoms with van der Waals surface area (Å²) in [4.78, 5) is 17.7. The molecule has 0 saturated heterocycles. The molecular formula is C20H19BrN4OS. The van der Waals surface area contributed by atoms with E-state index < -0.39 is 0 Å². The van der Waals surface area contributed by atoms with Crippen LogP contribution in [0.3, 0.4) is 0 Å². The average Bonchev–Trinajstić information content (AvgIpc) is 3.23. The number of hydrogen-bond acceptors (Lipinski definition) is 3. The van der Waals surface area contributed by atoms with Crippen molar-refractivity contribution in [2.24, 2.45) is 7.05 Å². The molecule has 0 aliphatic carbocycles. The Bertz CT molecular complexity index is 1100. The molecule has 0 radical (unpaired) electrons. The van der Waals surface area contributed by atoms with Gasteiger partial charge in [0, 0.05) is 18.0 Å². The normalized spacial score (nSPS) is 10.6. The molecule has 7 heteroatoms. The Morgan fingerprint density at radius 1 is 1.00 bits per heavy atom. The zero-order valence-electron chi connectivity index (χ0n) is 15.0. The second-order valence-electron chi connectivity index (χ2n) is 6.06. The summed E-state index contributed by atoms with van der Waals surface area (Å²) in [5.74, 6) is 0. The van der Waals surface area contributed by atoms with E-state index in [9.17, 15) is 4.79 Å². The third-order valence-corrected chi connectivity index (χ3v) is 5.25. The van der Waals surface area contributed by atoms with Crippen LogP contribution in [0.5, 0.6) is 0 Å². The predicted octanol–water partition coefficient (Wildman–Crippen LogP) is 0.139. The third kappa shape index (κ3) is 3.66. The molecule has 0 fully saturated rings. The largest absolute Gasteiger partial charge is 1.00 e. The number of para-hydroxylation sites is 1. The third-order valence-electron chi connectivity index (χ3n) is 4.46. The first-order valence-electron chi connectivity index (χ1n) is 8.35. The molecule has 0 spiro atoms. The molecule has 4 aromatic rings. The van der Waals surface area contributed by atoms with E-state index >= 15 is 0 Å². The van der Waals surface area contributed by atoms with Crippen molar-refractivity contribution >= 4 is 22.2 Å². The van der Waals surface area contributed by atoms with Gasteiger partial charge in [0.15, 0.2) is 0 Å². The second kappa shape index (κ2) is 8.04. The Morgan fingerprint density at radius 3 is 2.30 bits per heavy atom. The van der Waals surface area contributed by atoms with Gasteiger partial charge in [-0.3, -0.25) is 9.48 Å². The molecular weight excluding hydrogens is 424 g/mol. The Labute approximate surface area is 171 Å². The van der Waals surface area contributed by atoms with E-state index in [0.717, 1.165) is 27.8 Å². The fourth-order valence-electron chi connectivity index (χ4n) is 2.97. The molecule has 5 nitrogen and oxygen atoms in total. The van der Waals surface area contributed by atoms with Crippen LogP contribution in [0, 0.1) is 6.92 Å². The van der Waals surface area contributed by atoms with Crippen molar-refractivity contribution in [1.82, 2.24) is 14.3 Å². The van der Waals surface area contributed by atoms with E-state index in [4.69, 9.17) is 0 Å². The first kappa shape index (κ1) is 19.3. The smallest absolute Gasteiger partial charge is 0.333 e. The number of aromatic nitrogens is 3. The van der Waals surface area contributed by atoms with Crippen LogP contribution >= 0.6 is 11.3 Å². The Morgan fingerprint density at radius 2 is 1.63 bits per heavy atom. The van der Waals surface area contributed by atoms with Crippen LogP contribution in [0.25, 0.3) is 16.9 Å². The fourth-order valence-corrected chi connectivity index (χ4v) is 3.73. The number of hydrogen-bond donors (Lipinski definition) is 1. The van der Waals surface area contributed by atoms with E-state index in [-0.39, 0.29) is 22.5 Å². The summed E-state index contributed by atoms with van der Waals surface area (Å²) in [5.41, 5.74) is 4.41. The molecule has 0 saturated carbocycles. The lowest BCUT2D eigenvalue weighted by atomic mass is 10.2. The van der Waals surface area contributed by atoms with Crippen LogP contribution in [-0.2, 0) is 7.05 Å². The molecule has 0 aliphatic rings. The average molecular weight is 443 g/mol. The van der Waals surface area contributed by atoms with Gasteiger partial charge in [0.1, 0.15) is 0 Å². The molecule has 2 N–H and O–H groups in total. The minimum Gasteiger partial charge on any atom is -1.00 e. The fraction of sp³-hybridized carbons (Fsp3) is 0.100. The molecule has 4 rings (SSSR count). The van der Waals surface area contributed by atoms with Crippen molar-refractivity contribution in [1.29, 1.82) is 0 Å². The summed E-state index contributed by atoms with van der Waals surface area (Å²) < 4.78 is 3.57. The lowest BCUT2D eigenvalue weighted by Gasteiger charge is -2.06. The molecule has 27 heavy (non-hydrogen) atoms. The van der Waals surface area contributed by atoms with Gasteiger partial charge < -0.3 is 17.0 Å². The maximum atomic E-state index is 13.0. The Balaban J connectivity index is 0.00000210. The van der Waals surface area contributed by atoms with Crippen molar-refractivity contribution in [2.75, 3.05) is 0 Å². The standard InChI is InChI=1S/C20H18N4OS.BrH/c1-14-18(19(25)24(23(14)2)16-11-7-4-8-12-16)22-20-21-17(13-26-20)15-9-5-3-6-10-15;/h3-13H,1-2H3,(H,21,22);1H. The maximum absolute atomic E-state index is 13.0. The summed E-state index contributed by atoms with van der Waals surface area (Å²) in [6, 6.07) is 19.7. The van der Waals surface area contributed by atoms with E-state index in [2.05, 4.69) is 4.98 Å². The Kier molecular flexibility index (Phi) is 5.74. The number of rotatable bonds is 4. The van der Waals surface area contributed by atoms with Gasteiger partial charge in [0.25, 0.3) is 5.13 Å². The van der Waals surface area contributed by atoms with Crippen molar-refractivity contribution < 1.29 is 22.3 Å². The van der Waals surface area contributed by atoms with Crippen molar-refractivity contribution in [3.63, 3.8) is 0 Å². The number of thiazole rings is 1. The van der Waals surface area contributed by atoms with Crippen LogP contribution in [0.15, 0.2) is 70.8 Å². The molecule has 2 heterocycles. The van der Waals surface area contributed by atoms with Crippen LogP contribution < -0.4 is 27.9 Å². The predicted molar refractivity (Wildman–Crippen MR) is 105 cm³/mol. The van der Waals surface area contributed by atoms with E-state index in [0.29, 0.717) is 5.69 Å². The quantitative estimate of drug-likeness (QED) is 0.488. The number of benzene rings is 2. The zero-order valence-corrected chi connectivity index (χ0v) is 17.4. The molecule has 0 atom stereocenters. The van der Waals surface area contributed by atoms with Gasteiger partial charge in [0.05, 0.1) is 17.1 Å². The van der Waals surface area contributed by atoms with Gasteiger partial charge in [-0.2, -0.15) is 4.98 Å². The SMILES string of the molecule is Cc1c([NH2+]c2nc(-c3ccccc3)cs2)c(=O)n(-c2ccccc2)n1C.[Br-]. The monoisotopic (exact) mass is 442 g/mol. The van der Waals surface area contributed by atoms with Crippen LogP contribution in [0.2, 0.25) is 0 Å². The van der Waals surface area contributed by atoms with Crippen LogP contribution in [0.4, 0.5) is 10.8 Å². The zero-order chi connectivity index (χ0) is 18.1. The lowest BCUT2D eigenvalue weighted by Crippen LogP contribution is -3.00. The highest BCUT2D eigenvalue weighted by Gasteiger charge is 2.21. The minimum absolute atomic E-state index is 0. The first-order valence-corrected chi connectivity index (χ1v) is 9.23. The van der Waals surface area contributed by atoms with Gasteiger partial charge in [-0.15, -0.1) is 0 Å². The molecule has 2 aromatic carbocycles. The Hall–Kier alpha value is -2.48. The summed E-state index contributed by atoms with van der Waals surface area (Å²) in [6.45, 7) is 1.96. The second-order valence-corrected chi connectivity index (χ2v) is 6.95. The number of nitrogens with zero attached hydrogens (tertiary/aromatic N) is 3. The molecule has 2 aromatic heterocycles. The number of quaternary nitrogens is 1. The molecule has 0 unspecified atom stereocenters. The van der Waals surface area contributed by atoms with E-state index in [1.165, 1.54) is 0 Å². The molecule has 138 valence electrons. The first-order chi connectivity index (χ1) is 12.6. The molecule has 0 bridgehead atoms. The summed E-state index contributed by atoms with van der Waals surface area (Å²) >= 11 is 1.54. The lowest BCUT2D eigenvalue weighted by molar-refractivity contribution is -0.479. The molecule has 0 amide bonds. The topological polar surface area (TPSA) is 56.4 Å². The van der Waals surface area contributed by atoms with Crippen LogP contribution in [-0.4, -0.2) is 14.3 Å². The van der Waals surface area contributed by atoms with Gasteiger partial charge in [-0.1, -0.05) is 59.9 Å². The van der Waals surface area contributed by atoms with Gasteiger partial charge in [-0.05, 0) is 19.1 Å². The summed E-state index contributed by atoms with van der Waals surface area (Å²) in [7, 11) is 1.90. The van der Waals surface area contributed by atoms with Gasteiger partial charge in [-0.25, -0.2) is 10.00 Å². The minimum atomic E-state index is -0.0346. The highest BCUT2D eigenvalue weighted by atomic mass is 79.9. The molecule has 0 aliphatic heterocycles. The highest BCUT2D eigenvalue weighted by molar-refractivity contribution is 7.13. The number of nitrogens with two attached hydrogens (primary N) is 1. The van der Waals surface area contributed by atoms with E-state index in [1.54, 1.807) is 16.0 Å². The van der Waals surface area contributed by atoms with Crippen LogP contribution in [0.1, 0.15) is 5.69 Å². The number of halogens is 1. The maximum Gasteiger partial charge on any atom is 0.333 e. The summed E-state index contributed by atoms with van der Waals surface area (Å²) in [5, 5.41) is 4.73. The summed E-state index contributed by atoms with van der Waals surface area (Å²) in [6.07, 6.45) is 0.